The summed E-state index contributed by atoms with van der Waals surface area (Å²) in [5.41, 5.74) is 5.08. The van der Waals surface area contributed by atoms with Crippen molar-refractivity contribution in [1.29, 1.82) is 0 Å². The van der Waals surface area contributed by atoms with Crippen LogP contribution in [0.4, 0.5) is 10.2 Å². The van der Waals surface area contributed by atoms with Gasteiger partial charge in [-0.05, 0) is 48.7 Å². The highest BCUT2D eigenvalue weighted by Crippen LogP contribution is 2.35. The van der Waals surface area contributed by atoms with E-state index in [1.165, 1.54) is 6.20 Å². The maximum absolute atomic E-state index is 14.9. The average molecular weight is 402 g/mol. The lowest BCUT2D eigenvalue weighted by atomic mass is 9.98. The molecule has 0 aliphatic carbocycles. The van der Waals surface area contributed by atoms with Crippen LogP contribution in [0.5, 0.6) is 0 Å². The summed E-state index contributed by atoms with van der Waals surface area (Å²) < 4.78 is 20.6. The second-order valence-electron chi connectivity index (χ2n) is 7.76. The van der Waals surface area contributed by atoms with Gasteiger partial charge in [-0.3, -0.25) is 0 Å². The molecule has 3 aromatic heterocycles. The number of anilines is 1. The summed E-state index contributed by atoms with van der Waals surface area (Å²) in [6, 6.07) is 14.3. The highest BCUT2D eigenvalue weighted by molar-refractivity contribution is 5.94. The van der Waals surface area contributed by atoms with Gasteiger partial charge in [-0.1, -0.05) is 24.3 Å². The predicted molar refractivity (Wildman–Crippen MR) is 117 cm³/mol. The van der Waals surface area contributed by atoms with Crippen molar-refractivity contribution < 1.29 is 9.13 Å². The summed E-state index contributed by atoms with van der Waals surface area (Å²) in [6.45, 7) is 6.26. The Bertz CT molecular complexity index is 1220. The zero-order valence-electron chi connectivity index (χ0n) is 17.0. The van der Waals surface area contributed by atoms with E-state index >= 15 is 0 Å². The molecule has 0 amide bonds. The Balaban J connectivity index is 1.75. The summed E-state index contributed by atoms with van der Waals surface area (Å²) in [5.74, 6) is 0.311. The van der Waals surface area contributed by atoms with Gasteiger partial charge < -0.3 is 14.6 Å². The Morgan fingerprint density at radius 3 is 2.90 bits per heavy atom. The van der Waals surface area contributed by atoms with Crippen molar-refractivity contribution in [1.82, 2.24) is 15.0 Å². The van der Waals surface area contributed by atoms with Crippen LogP contribution in [-0.4, -0.2) is 40.8 Å². The number of rotatable bonds is 3. The van der Waals surface area contributed by atoms with Gasteiger partial charge in [0.15, 0.2) is 0 Å². The third-order valence-electron chi connectivity index (χ3n) is 5.75. The van der Waals surface area contributed by atoms with Crippen molar-refractivity contribution in [3.8, 4) is 22.4 Å². The Morgan fingerprint density at radius 2 is 2.07 bits per heavy atom. The third kappa shape index (κ3) is 3.23. The quantitative estimate of drug-likeness (QED) is 0.492. The number of nitrogens with one attached hydrogen (secondary N) is 1. The number of benzene rings is 1. The lowest BCUT2D eigenvalue weighted by Gasteiger charge is -2.34. The molecule has 0 spiro atoms. The molecule has 5 nitrogen and oxygen atoms in total. The molecule has 0 radical (unpaired) electrons. The molecule has 1 N–H and O–H groups in total. The summed E-state index contributed by atoms with van der Waals surface area (Å²) >= 11 is 0. The number of hydrogen-bond donors (Lipinski definition) is 1. The molecular weight excluding hydrogens is 379 g/mol. The van der Waals surface area contributed by atoms with Crippen LogP contribution in [0.3, 0.4) is 0 Å². The summed E-state index contributed by atoms with van der Waals surface area (Å²) in [5, 5.41) is 0.776. The Kier molecular flexibility index (Phi) is 4.71. The molecule has 4 aromatic rings. The van der Waals surface area contributed by atoms with Crippen molar-refractivity contribution >= 4 is 16.7 Å². The lowest BCUT2D eigenvalue weighted by Crippen LogP contribution is -2.44. The monoisotopic (exact) mass is 402 g/mol. The minimum atomic E-state index is -0.516. The third-order valence-corrected chi connectivity index (χ3v) is 5.75. The van der Waals surface area contributed by atoms with E-state index in [0.29, 0.717) is 24.5 Å². The first kappa shape index (κ1) is 18.8. The van der Waals surface area contributed by atoms with Crippen molar-refractivity contribution in [2.24, 2.45) is 0 Å². The fraction of sp³-hybridized carbons (Fsp3) is 0.250. The molecule has 152 valence electrons. The molecule has 0 bridgehead atoms. The van der Waals surface area contributed by atoms with Crippen LogP contribution in [0, 0.1) is 12.9 Å². The number of ether oxygens (including phenoxy) is 1. The van der Waals surface area contributed by atoms with Gasteiger partial charge in [-0.15, -0.1) is 0 Å². The molecule has 30 heavy (non-hydrogen) atoms. The number of aromatic nitrogens is 3. The number of morpholine rings is 1. The average Bonchev–Trinajstić information content (AvgIpc) is 3.22. The van der Waals surface area contributed by atoms with Gasteiger partial charge in [0.05, 0.1) is 42.2 Å². The van der Waals surface area contributed by atoms with E-state index in [4.69, 9.17) is 9.72 Å². The van der Waals surface area contributed by atoms with Crippen molar-refractivity contribution in [2.45, 2.75) is 19.9 Å². The molecule has 1 saturated heterocycles. The molecular formula is C24H23FN4O. The fourth-order valence-electron chi connectivity index (χ4n) is 4.16. The first-order chi connectivity index (χ1) is 14.6. The number of aryl methyl sites for hydroxylation is 1. The van der Waals surface area contributed by atoms with Crippen LogP contribution >= 0.6 is 0 Å². The number of aromatic amines is 1. The van der Waals surface area contributed by atoms with Gasteiger partial charge >= 0.3 is 0 Å². The maximum Gasteiger partial charge on any atom is 0.223 e. The molecule has 1 aliphatic heterocycles. The first-order valence-corrected chi connectivity index (χ1v) is 10.2. The topological polar surface area (TPSA) is 54.0 Å². The Morgan fingerprint density at radius 1 is 1.20 bits per heavy atom. The van der Waals surface area contributed by atoms with Gasteiger partial charge in [-0.25, -0.2) is 9.97 Å². The predicted octanol–water partition coefficient (Wildman–Crippen LogP) is 4.96. The molecule has 1 aromatic carbocycles. The zero-order valence-corrected chi connectivity index (χ0v) is 17.0. The van der Waals surface area contributed by atoms with Gasteiger partial charge in [-0.2, -0.15) is 4.39 Å². The highest BCUT2D eigenvalue weighted by Gasteiger charge is 2.23. The molecule has 6 heteroatoms. The summed E-state index contributed by atoms with van der Waals surface area (Å²) in [4.78, 5) is 14.2. The molecule has 0 saturated carbocycles. The molecule has 4 heterocycles. The van der Waals surface area contributed by atoms with Crippen LogP contribution in [-0.2, 0) is 4.74 Å². The number of nitrogens with zero attached hydrogens (tertiary/aromatic N) is 3. The molecule has 1 atom stereocenters. The first-order valence-electron chi connectivity index (χ1n) is 10.2. The smallest absolute Gasteiger partial charge is 0.223 e. The van der Waals surface area contributed by atoms with Crippen LogP contribution in [0.1, 0.15) is 12.5 Å². The standard InChI is InChI=1S/C24H23FN4O/c1-15-5-3-4-6-18(15)17-11-20(23-19-7-8-26-21(19)13-27-24(23)25)28-22(12-17)29-9-10-30-14-16(29)2/h3-8,11-13,16,26H,9-10,14H2,1-2H3/t16-/m1/s1. The van der Waals surface area contributed by atoms with E-state index in [9.17, 15) is 4.39 Å². The zero-order chi connectivity index (χ0) is 20.7. The van der Waals surface area contributed by atoms with E-state index in [0.717, 1.165) is 40.0 Å². The Hall–Kier alpha value is -3.25. The van der Waals surface area contributed by atoms with E-state index in [1.54, 1.807) is 6.20 Å². The van der Waals surface area contributed by atoms with Crippen molar-refractivity contribution in [2.75, 3.05) is 24.7 Å². The van der Waals surface area contributed by atoms with Crippen LogP contribution in [0.25, 0.3) is 33.3 Å². The van der Waals surface area contributed by atoms with E-state index in [2.05, 4.69) is 46.9 Å². The number of pyridine rings is 2. The van der Waals surface area contributed by atoms with Crippen LogP contribution < -0.4 is 4.90 Å². The summed E-state index contributed by atoms with van der Waals surface area (Å²) in [6.07, 6.45) is 3.32. The minimum Gasteiger partial charge on any atom is -0.377 e. The number of halogens is 1. The van der Waals surface area contributed by atoms with Gasteiger partial charge in [0.25, 0.3) is 0 Å². The number of fused-ring (bicyclic) bond motifs is 1. The van der Waals surface area contributed by atoms with E-state index < -0.39 is 5.95 Å². The molecule has 1 fully saturated rings. The van der Waals surface area contributed by atoms with Gasteiger partial charge in [0, 0.05) is 18.1 Å². The normalized spacial score (nSPS) is 16.9. The number of hydrogen-bond acceptors (Lipinski definition) is 4. The SMILES string of the molecule is Cc1ccccc1-c1cc(-c2c(F)ncc3[nH]ccc23)nc(N2CCOC[C@H]2C)c1. The highest BCUT2D eigenvalue weighted by atomic mass is 19.1. The van der Waals surface area contributed by atoms with Crippen molar-refractivity contribution in [3.05, 3.63) is 66.4 Å². The van der Waals surface area contributed by atoms with E-state index in [1.807, 2.05) is 24.3 Å². The second kappa shape index (κ2) is 7.54. The van der Waals surface area contributed by atoms with Crippen LogP contribution in [0.15, 0.2) is 54.9 Å². The largest absolute Gasteiger partial charge is 0.377 e. The molecule has 5 rings (SSSR count). The van der Waals surface area contributed by atoms with Gasteiger partial charge in [0.2, 0.25) is 5.95 Å². The fourth-order valence-corrected chi connectivity index (χ4v) is 4.16. The summed E-state index contributed by atoms with van der Waals surface area (Å²) in [7, 11) is 0. The van der Waals surface area contributed by atoms with Crippen LogP contribution in [0.2, 0.25) is 0 Å². The second-order valence-corrected chi connectivity index (χ2v) is 7.76. The van der Waals surface area contributed by atoms with Crippen molar-refractivity contribution in [3.63, 3.8) is 0 Å². The minimum absolute atomic E-state index is 0.192. The number of H-pyrrole nitrogens is 1. The molecule has 0 unspecified atom stereocenters. The maximum atomic E-state index is 14.9. The lowest BCUT2D eigenvalue weighted by molar-refractivity contribution is 0.0985. The van der Waals surface area contributed by atoms with E-state index in [-0.39, 0.29) is 6.04 Å². The molecule has 1 aliphatic rings. The van der Waals surface area contributed by atoms with Gasteiger partial charge in [0.1, 0.15) is 5.82 Å². The Labute approximate surface area is 174 Å².